The highest BCUT2D eigenvalue weighted by Crippen LogP contribution is 2.34. The third kappa shape index (κ3) is 9.47. The van der Waals surface area contributed by atoms with Crippen molar-refractivity contribution in [2.45, 2.75) is 49.1 Å². The Hall–Kier alpha value is -3.70. The summed E-state index contributed by atoms with van der Waals surface area (Å²) >= 11 is 14.3. The topological polar surface area (TPSA) is 96.0 Å². The number of para-hydroxylation sites is 2. The molecule has 1 unspecified atom stereocenters. The quantitative estimate of drug-likeness (QED) is 0.120. The van der Waals surface area contributed by atoms with Crippen LogP contribution in [0, 0.1) is 0 Å². The Labute approximate surface area is 297 Å². The zero-order chi connectivity index (χ0) is 34.7. The molecule has 1 N–H and O–H groups in total. The first kappa shape index (κ1) is 37.1. The highest BCUT2D eigenvalue weighted by atomic mass is 35.5. The summed E-state index contributed by atoms with van der Waals surface area (Å²) in [5.41, 5.74) is 1.57. The van der Waals surface area contributed by atoms with Gasteiger partial charge in [-0.3, -0.25) is 13.9 Å². The van der Waals surface area contributed by atoms with Crippen molar-refractivity contribution in [3.05, 3.63) is 118 Å². The Morgan fingerprint density at radius 2 is 1.60 bits per heavy atom. The third-order valence-electron chi connectivity index (χ3n) is 7.54. The van der Waals surface area contributed by atoms with Crippen LogP contribution in [-0.4, -0.2) is 57.1 Å². The number of amides is 2. The normalized spacial score (nSPS) is 11.9. The van der Waals surface area contributed by atoms with Gasteiger partial charge in [-0.2, -0.15) is 0 Å². The van der Waals surface area contributed by atoms with E-state index >= 15 is 0 Å². The summed E-state index contributed by atoms with van der Waals surface area (Å²) in [7, 11) is -4.30. The Kier molecular flexibility index (Phi) is 13.6. The first-order chi connectivity index (χ1) is 23.1. The van der Waals surface area contributed by atoms with Crippen LogP contribution in [0.25, 0.3) is 0 Å². The van der Waals surface area contributed by atoms with Crippen molar-refractivity contribution in [1.29, 1.82) is 0 Å². The van der Waals surface area contributed by atoms with Crippen molar-refractivity contribution >= 4 is 62.5 Å². The lowest BCUT2D eigenvalue weighted by molar-refractivity contribution is -0.140. The molecule has 48 heavy (non-hydrogen) atoms. The fourth-order valence-corrected chi connectivity index (χ4v) is 7.38. The van der Waals surface area contributed by atoms with E-state index in [1.54, 1.807) is 61.5 Å². The molecule has 0 heterocycles. The van der Waals surface area contributed by atoms with E-state index in [9.17, 15) is 18.0 Å². The zero-order valence-corrected chi connectivity index (χ0v) is 30.2. The molecule has 0 spiro atoms. The van der Waals surface area contributed by atoms with Crippen LogP contribution in [0.2, 0.25) is 10.0 Å². The van der Waals surface area contributed by atoms with Crippen molar-refractivity contribution in [2.24, 2.45) is 0 Å². The molecule has 254 valence electrons. The van der Waals surface area contributed by atoms with E-state index in [4.69, 9.17) is 27.9 Å². The number of nitrogens with one attached hydrogen (secondary N) is 1. The molecule has 0 radical (unpaired) electrons. The lowest BCUT2D eigenvalue weighted by Gasteiger charge is -2.34. The number of hydrogen-bond donors (Lipinski definition) is 1. The van der Waals surface area contributed by atoms with Gasteiger partial charge in [-0.05, 0) is 79.3 Å². The maximum atomic E-state index is 14.7. The second-order valence-electron chi connectivity index (χ2n) is 10.8. The molecule has 2 amide bonds. The van der Waals surface area contributed by atoms with Gasteiger partial charge < -0.3 is 15.0 Å². The molecule has 0 aromatic heterocycles. The van der Waals surface area contributed by atoms with Crippen LogP contribution in [0.15, 0.2) is 107 Å². The smallest absolute Gasteiger partial charge is 0.264 e. The van der Waals surface area contributed by atoms with Gasteiger partial charge in [-0.1, -0.05) is 78.7 Å². The van der Waals surface area contributed by atoms with E-state index in [0.717, 1.165) is 14.8 Å². The molecular formula is C36H39Cl2N3O5S2. The van der Waals surface area contributed by atoms with E-state index in [1.165, 1.54) is 28.8 Å². The highest BCUT2D eigenvalue weighted by Gasteiger charge is 2.35. The lowest BCUT2D eigenvalue weighted by atomic mass is 10.0. The number of hydrogen-bond acceptors (Lipinski definition) is 6. The molecule has 4 rings (SSSR count). The van der Waals surface area contributed by atoms with Gasteiger partial charge in [0.15, 0.2) is 0 Å². The number of sulfonamides is 1. The minimum atomic E-state index is -4.30. The summed E-state index contributed by atoms with van der Waals surface area (Å²) in [4.78, 5) is 30.8. The van der Waals surface area contributed by atoms with Crippen LogP contribution in [0.3, 0.4) is 0 Å². The van der Waals surface area contributed by atoms with E-state index in [1.807, 2.05) is 43.5 Å². The monoisotopic (exact) mass is 727 g/mol. The van der Waals surface area contributed by atoms with Crippen LogP contribution >= 0.6 is 35.0 Å². The van der Waals surface area contributed by atoms with Crippen LogP contribution in [0.5, 0.6) is 5.75 Å². The second-order valence-corrected chi connectivity index (χ2v) is 14.4. The van der Waals surface area contributed by atoms with Gasteiger partial charge in [-0.25, -0.2) is 8.42 Å². The number of benzene rings is 4. The molecule has 0 bridgehead atoms. The van der Waals surface area contributed by atoms with Gasteiger partial charge in [0.1, 0.15) is 18.3 Å². The molecular weight excluding hydrogens is 689 g/mol. The molecule has 8 nitrogen and oxygen atoms in total. The molecule has 0 fully saturated rings. The SMILES string of the molecule is CCCNC(=O)C(Cc1ccccc1)N(Cc1ccc(Cl)cc1Cl)C(=O)CN(c1ccccc1OCC)S(=O)(=O)c1ccc(SC)cc1. The van der Waals surface area contributed by atoms with Crippen LogP contribution in [-0.2, 0) is 32.6 Å². The molecule has 0 aliphatic heterocycles. The summed E-state index contributed by atoms with van der Waals surface area (Å²) in [6, 6.07) is 26.4. The first-order valence-corrected chi connectivity index (χ1v) is 18.9. The number of ether oxygens (including phenoxy) is 1. The van der Waals surface area contributed by atoms with Crippen LogP contribution in [0.1, 0.15) is 31.4 Å². The van der Waals surface area contributed by atoms with Gasteiger partial charge in [0.25, 0.3) is 10.0 Å². The van der Waals surface area contributed by atoms with Crippen molar-refractivity contribution < 1.29 is 22.7 Å². The number of thioether (sulfide) groups is 1. The lowest BCUT2D eigenvalue weighted by Crippen LogP contribution is -2.53. The highest BCUT2D eigenvalue weighted by molar-refractivity contribution is 7.98. The molecule has 4 aromatic rings. The Morgan fingerprint density at radius 1 is 0.917 bits per heavy atom. The average Bonchev–Trinajstić information content (AvgIpc) is 3.09. The van der Waals surface area contributed by atoms with Crippen molar-refractivity contribution in [3.63, 3.8) is 0 Å². The van der Waals surface area contributed by atoms with Crippen molar-refractivity contribution in [3.8, 4) is 5.75 Å². The van der Waals surface area contributed by atoms with Crippen molar-refractivity contribution in [1.82, 2.24) is 10.2 Å². The zero-order valence-electron chi connectivity index (χ0n) is 27.1. The summed E-state index contributed by atoms with van der Waals surface area (Å²) in [6.07, 6.45) is 2.78. The molecule has 0 saturated heterocycles. The summed E-state index contributed by atoms with van der Waals surface area (Å²) in [5, 5.41) is 3.66. The molecule has 4 aromatic carbocycles. The minimum absolute atomic E-state index is 0.00761. The minimum Gasteiger partial charge on any atom is -0.492 e. The number of rotatable bonds is 16. The van der Waals surface area contributed by atoms with E-state index < -0.39 is 28.5 Å². The molecule has 0 aliphatic carbocycles. The Morgan fingerprint density at radius 3 is 2.25 bits per heavy atom. The predicted octanol–water partition coefficient (Wildman–Crippen LogP) is 7.48. The Bertz CT molecular complexity index is 1790. The van der Waals surface area contributed by atoms with Gasteiger partial charge in [0.2, 0.25) is 11.8 Å². The average molecular weight is 729 g/mol. The van der Waals surface area contributed by atoms with Gasteiger partial charge in [-0.15, -0.1) is 11.8 Å². The number of carbonyl (C=O) groups is 2. The maximum Gasteiger partial charge on any atom is 0.264 e. The Balaban J connectivity index is 1.85. The van der Waals surface area contributed by atoms with E-state index in [-0.39, 0.29) is 36.1 Å². The fraction of sp³-hybridized carbons (Fsp3) is 0.278. The van der Waals surface area contributed by atoms with E-state index in [2.05, 4.69) is 5.32 Å². The largest absolute Gasteiger partial charge is 0.492 e. The first-order valence-electron chi connectivity index (χ1n) is 15.5. The molecule has 1 atom stereocenters. The number of anilines is 1. The maximum absolute atomic E-state index is 14.7. The van der Waals surface area contributed by atoms with E-state index in [0.29, 0.717) is 34.3 Å². The molecule has 12 heteroatoms. The predicted molar refractivity (Wildman–Crippen MR) is 195 cm³/mol. The van der Waals surface area contributed by atoms with Crippen LogP contribution in [0.4, 0.5) is 5.69 Å². The van der Waals surface area contributed by atoms with Crippen LogP contribution < -0.4 is 14.4 Å². The standard InChI is InChI=1S/C36H39Cl2N3O5S2/c1-4-21-39-36(43)33(22-26-11-7-6-8-12-26)40(24-27-15-16-28(37)23-31(27)38)35(42)25-41(32-13-9-10-14-34(32)46-5-2)48(44,45)30-19-17-29(47-3)18-20-30/h6-20,23,33H,4-5,21-22,24-25H2,1-3H3,(H,39,43). The fourth-order valence-electron chi connectivity index (χ4n) is 5.08. The van der Waals surface area contributed by atoms with Crippen molar-refractivity contribution in [2.75, 3.05) is 30.3 Å². The van der Waals surface area contributed by atoms with Gasteiger partial charge in [0, 0.05) is 34.5 Å². The summed E-state index contributed by atoms with van der Waals surface area (Å²) in [5.74, 6) is -0.675. The van der Waals surface area contributed by atoms with Gasteiger partial charge in [0.05, 0.1) is 17.2 Å². The number of carbonyl (C=O) groups excluding carboxylic acids is 2. The third-order valence-corrected chi connectivity index (χ3v) is 10.6. The van der Waals surface area contributed by atoms with Gasteiger partial charge >= 0.3 is 0 Å². The molecule has 0 aliphatic rings. The second kappa shape index (κ2) is 17.6. The number of halogens is 2. The summed E-state index contributed by atoms with van der Waals surface area (Å²) < 4.78 is 35.7. The molecule has 0 saturated carbocycles. The number of nitrogens with zero attached hydrogens (tertiary/aromatic N) is 2. The summed E-state index contributed by atoms with van der Waals surface area (Å²) in [6.45, 7) is 3.72.